The van der Waals surface area contributed by atoms with Crippen molar-refractivity contribution in [3.05, 3.63) is 50.7 Å². The number of anilines is 1. The largest absolute Gasteiger partial charge is 0.477 e. The number of carboxylic acids is 1. The molecule has 4 heterocycles. The standard InChI is InChI=1S/C20H20N4O4S/c1-22-11-28-19-15(23-6-4-12(9-23)8-16-21-5-7-29-16)3-2-13-17(19)24(22)10-14(18(13)25)20(26)27/h2-3,5,7,10,12H,4,6,8-9,11H2,1H3,(H,26,27)/t12-/m0/s1. The van der Waals surface area contributed by atoms with Crippen LogP contribution in [0, 0.1) is 5.92 Å². The van der Waals surface area contributed by atoms with Gasteiger partial charge in [0.2, 0.25) is 5.43 Å². The van der Waals surface area contributed by atoms with E-state index in [4.69, 9.17) is 4.74 Å². The quantitative estimate of drug-likeness (QED) is 0.702. The van der Waals surface area contributed by atoms with Crippen LogP contribution in [0.5, 0.6) is 5.75 Å². The third-order valence-electron chi connectivity index (χ3n) is 5.65. The zero-order chi connectivity index (χ0) is 20.1. The first-order valence-corrected chi connectivity index (χ1v) is 10.3. The molecule has 1 N–H and O–H groups in total. The van der Waals surface area contributed by atoms with Crippen molar-refractivity contribution < 1.29 is 14.6 Å². The number of nitrogens with zero attached hydrogens (tertiary/aromatic N) is 4. The first-order valence-electron chi connectivity index (χ1n) is 9.46. The van der Waals surface area contributed by atoms with Gasteiger partial charge in [0, 0.05) is 44.3 Å². The molecule has 1 fully saturated rings. The number of carboxylic acid groups (broad SMARTS) is 1. The van der Waals surface area contributed by atoms with Crippen LogP contribution in [-0.2, 0) is 6.42 Å². The second-order valence-electron chi connectivity index (χ2n) is 7.49. The van der Waals surface area contributed by atoms with E-state index in [0.717, 1.165) is 36.6 Å². The molecule has 0 radical (unpaired) electrons. The van der Waals surface area contributed by atoms with Gasteiger partial charge in [-0.3, -0.25) is 14.5 Å². The van der Waals surface area contributed by atoms with Crippen molar-refractivity contribution in [2.75, 3.05) is 36.8 Å². The number of carbonyl (C=O) groups is 1. The number of benzene rings is 1. The molecule has 0 spiro atoms. The smallest absolute Gasteiger partial charge is 0.341 e. The highest BCUT2D eigenvalue weighted by Gasteiger charge is 2.30. The molecule has 1 atom stereocenters. The molecule has 29 heavy (non-hydrogen) atoms. The molecule has 0 amide bonds. The molecule has 1 aromatic carbocycles. The predicted molar refractivity (Wildman–Crippen MR) is 111 cm³/mol. The van der Waals surface area contributed by atoms with Gasteiger partial charge in [-0.15, -0.1) is 11.3 Å². The van der Waals surface area contributed by atoms with E-state index in [1.807, 2.05) is 17.6 Å². The number of rotatable bonds is 4. The summed E-state index contributed by atoms with van der Waals surface area (Å²) in [4.78, 5) is 30.9. The second kappa shape index (κ2) is 6.77. The van der Waals surface area contributed by atoms with Crippen molar-refractivity contribution >= 4 is 33.9 Å². The van der Waals surface area contributed by atoms with Crippen molar-refractivity contribution in [2.45, 2.75) is 12.8 Å². The lowest BCUT2D eigenvalue weighted by Gasteiger charge is -2.33. The molecule has 5 rings (SSSR count). The molecule has 8 nitrogen and oxygen atoms in total. The van der Waals surface area contributed by atoms with Gasteiger partial charge in [0.1, 0.15) is 11.1 Å². The summed E-state index contributed by atoms with van der Waals surface area (Å²) in [7, 11) is 1.80. The van der Waals surface area contributed by atoms with Gasteiger partial charge in [0.15, 0.2) is 12.5 Å². The maximum Gasteiger partial charge on any atom is 0.341 e. The van der Waals surface area contributed by atoms with E-state index in [1.165, 1.54) is 6.20 Å². The Morgan fingerprint density at radius 1 is 1.41 bits per heavy atom. The topological polar surface area (TPSA) is 87.9 Å². The predicted octanol–water partition coefficient (Wildman–Crippen LogP) is 2.14. The number of hydrogen-bond donors (Lipinski definition) is 1. The van der Waals surface area contributed by atoms with Gasteiger partial charge >= 0.3 is 5.97 Å². The first-order chi connectivity index (χ1) is 14.0. The molecule has 0 aliphatic carbocycles. The molecule has 0 unspecified atom stereocenters. The summed E-state index contributed by atoms with van der Waals surface area (Å²) in [6.45, 7) is 2.08. The van der Waals surface area contributed by atoms with E-state index < -0.39 is 11.4 Å². The van der Waals surface area contributed by atoms with Gasteiger partial charge in [-0.05, 0) is 24.5 Å². The van der Waals surface area contributed by atoms with E-state index in [1.54, 1.807) is 34.1 Å². The van der Waals surface area contributed by atoms with Crippen LogP contribution < -0.4 is 20.1 Å². The van der Waals surface area contributed by atoms with Crippen molar-refractivity contribution in [1.82, 2.24) is 9.66 Å². The maximum absolute atomic E-state index is 12.7. The van der Waals surface area contributed by atoms with Gasteiger partial charge in [-0.25, -0.2) is 9.78 Å². The van der Waals surface area contributed by atoms with Crippen molar-refractivity contribution in [3.8, 4) is 5.75 Å². The minimum Gasteiger partial charge on any atom is -0.477 e. The van der Waals surface area contributed by atoms with Crippen LogP contribution in [0.4, 0.5) is 5.69 Å². The van der Waals surface area contributed by atoms with E-state index in [9.17, 15) is 14.7 Å². The summed E-state index contributed by atoms with van der Waals surface area (Å²) in [5.74, 6) is -0.0628. The summed E-state index contributed by atoms with van der Waals surface area (Å²) in [5.41, 5.74) is 0.839. The molecule has 150 valence electrons. The summed E-state index contributed by atoms with van der Waals surface area (Å²) < 4.78 is 7.73. The molecule has 0 saturated carbocycles. The van der Waals surface area contributed by atoms with Gasteiger partial charge in [-0.2, -0.15) is 0 Å². The molecule has 0 bridgehead atoms. The van der Waals surface area contributed by atoms with Gasteiger partial charge in [-0.1, -0.05) is 0 Å². The number of ether oxygens (including phenoxy) is 1. The SMILES string of the molecule is CN1COc2c(N3CC[C@@H](Cc4nccs4)C3)ccc3c(=O)c(C(=O)O)cn1c23. The Balaban J connectivity index is 1.56. The van der Waals surface area contributed by atoms with E-state index in [-0.39, 0.29) is 12.3 Å². The van der Waals surface area contributed by atoms with Crippen LogP contribution in [0.15, 0.2) is 34.7 Å². The number of aromatic nitrogens is 2. The normalized spacial score (nSPS) is 18.3. The Labute approximate surface area is 170 Å². The molecular weight excluding hydrogens is 392 g/mol. The number of hydrogen-bond acceptors (Lipinski definition) is 7. The van der Waals surface area contributed by atoms with Crippen LogP contribution >= 0.6 is 11.3 Å². The monoisotopic (exact) mass is 412 g/mol. The average molecular weight is 412 g/mol. The van der Waals surface area contributed by atoms with Crippen molar-refractivity contribution in [1.29, 1.82) is 0 Å². The van der Waals surface area contributed by atoms with Gasteiger partial charge < -0.3 is 14.7 Å². The molecule has 2 aliphatic heterocycles. The lowest BCUT2D eigenvalue weighted by atomic mass is 10.1. The minimum absolute atomic E-state index is 0.241. The first kappa shape index (κ1) is 18.0. The van der Waals surface area contributed by atoms with Crippen LogP contribution in [0.3, 0.4) is 0 Å². The zero-order valence-electron chi connectivity index (χ0n) is 15.9. The molecule has 2 aliphatic rings. The van der Waals surface area contributed by atoms with Crippen LogP contribution in [-0.4, -0.2) is 47.6 Å². The number of pyridine rings is 1. The highest BCUT2D eigenvalue weighted by molar-refractivity contribution is 7.09. The van der Waals surface area contributed by atoms with Crippen molar-refractivity contribution in [2.24, 2.45) is 5.92 Å². The zero-order valence-corrected chi connectivity index (χ0v) is 16.7. The molecule has 2 aromatic heterocycles. The Morgan fingerprint density at radius 2 is 2.28 bits per heavy atom. The summed E-state index contributed by atoms with van der Waals surface area (Å²) in [5, 5.41) is 14.7. The molecule has 1 saturated heterocycles. The minimum atomic E-state index is -1.23. The van der Waals surface area contributed by atoms with E-state index in [0.29, 0.717) is 22.6 Å². The average Bonchev–Trinajstić information content (AvgIpc) is 3.38. The lowest BCUT2D eigenvalue weighted by molar-refractivity contribution is 0.0694. The van der Waals surface area contributed by atoms with Gasteiger partial charge in [0.25, 0.3) is 0 Å². The van der Waals surface area contributed by atoms with Crippen LogP contribution in [0.2, 0.25) is 0 Å². The van der Waals surface area contributed by atoms with E-state index in [2.05, 4.69) is 9.88 Å². The Hall–Kier alpha value is -3.07. The fraction of sp³-hybridized carbons (Fsp3) is 0.350. The second-order valence-corrected chi connectivity index (χ2v) is 8.47. The van der Waals surface area contributed by atoms with Gasteiger partial charge in [0.05, 0.1) is 16.1 Å². The Kier molecular flexibility index (Phi) is 4.20. The number of thiazole rings is 1. The highest BCUT2D eigenvalue weighted by Crippen LogP contribution is 2.40. The molecule has 9 heteroatoms. The summed E-state index contributed by atoms with van der Waals surface area (Å²) >= 11 is 1.69. The van der Waals surface area contributed by atoms with Crippen LogP contribution in [0.1, 0.15) is 21.8 Å². The molecular formula is C20H20N4O4S. The lowest BCUT2D eigenvalue weighted by Crippen LogP contribution is -2.40. The Morgan fingerprint density at radius 3 is 3.03 bits per heavy atom. The van der Waals surface area contributed by atoms with E-state index >= 15 is 0 Å². The third kappa shape index (κ3) is 2.93. The summed E-state index contributed by atoms with van der Waals surface area (Å²) in [6.07, 6.45) is 5.27. The fourth-order valence-electron chi connectivity index (χ4n) is 4.21. The summed E-state index contributed by atoms with van der Waals surface area (Å²) in [6, 6.07) is 3.60. The fourth-order valence-corrected chi connectivity index (χ4v) is 4.95. The Bertz CT molecular complexity index is 1160. The third-order valence-corrected chi connectivity index (χ3v) is 6.45. The number of aromatic carboxylic acids is 1. The highest BCUT2D eigenvalue weighted by atomic mass is 32.1. The molecule has 3 aromatic rings. The maximum atomic E-state index is 12.7. The van der Waals surface area contributed by atoms with Crippen LogP contribution in [0.25, 0.3) is 10.9 Å². The van der Waals surface area contributed by atoms with Crippen molar-refractivity contribution in [3.63, 3.8) is 0 Å².